The molecule has 0 aromatic carbocycles. The summed E-state index contributed by atoms with van der Waals surface area (Å²) in [5.74, 6) is 1.57. The molecule has 0 aromatic rings. The molecule has 3 heterocycles. The summed E-state index contributed by atoms with van der Waals surface area (Å²) >= 11 is 0. The average molecular weight is 354 g/mol. The maximum atomic E-state index is 6.04. The van der Waals surface area contributed by atoms with E-state index in [1.807, 2.05) is 7.05 Å². The molecule has 0 amide bonds. The van der Waals surface area contributed by atoms with Gasteiger partial charge in [0.15, 0.2) is 5.96 Å². The van der Waals surface area contributed by atoms with Gasteiger partial charge in [0.2, 0.25) is 0 Å². The molecule has 3 aliphatic rings. The van der Waals surface area contributed by atoms with E-state index in [0.29, 0.717) is 25.2 Å². The first-order valence-corrected chi connectivity index (χ1v) is 9.68. The number of fused-ring (bicyclic) bond motifs is 1. The van der Waals surface area contributed by atoms with Crippen molar-refractivity contribution in [3.63, 3.8) is 0 Å². The van der Waals surface area contributed by atoms with Gasteiger partial charge in [0.1, 0.15) is 0 Å². The van der Waals surface area contributed by atoms with Crippen LogP contribution in [0.1, 0.15) is 19.3 Å². The van der Waals surface area contributed by atoms with Crippen LogP contribution in [0.5, 0.6) is 0 Å². The first-order chi connectivity index (χ1) is 12.3. The lowest BCUT2D eigenvalue weighted by Crippen LogP contribution is -2.51. The summed E-state index contributed by atoms with van der Waals surface area (Å²) < 4.78 is 16.7. The van der Waals surface area contributed by atoms with E-state index < -0.39 is 0 Å². The molecule has 25 heavy (non-hydrogen) atoms. The van der Waals surface area contributed by atoms with Gasteiger partial charge in [-0.2, -0.15) is 0 Å². The number of nitrogens with zero attached hydrogens (tertiary/aromatic N) is 3. The minimum absolute atomic E-state index is 0.266. The quantitative estimate of drug-likeness (QED) is 0.406. The zero-order valence-corrected chi connectivity index (χ0v) is 15.8. The summed E-state index contributed by atoms with van der Waals surface area (Å²) in [7, 11) is 3.57. The van der Waals surface area contributed by atoms with Crippen LogP contribution in [0.25, 0.3) is 0 Å². The van der Waals surface area contributed by atoms with Crippen molar-refractivity contribution in [2.75, 3.05) is 73.3 Å². The Morgan fingerprint density at radius 1 is 1.24 bits per heavy atom. The van der Waals surface area contributed by atoms with Crippen molar-refractivity contribution in [3.05, 3.63) is 0 Å². The number of aliphatic imine (C=N–C) groups is 1. The van der Waals surface area contributed by atoms with E-state index in [1.54, 1.807) is 7.11 Å². The van der Waals surface area contributed by atoms with E-state index in [0.717, 1.165) is 51.8 Å². The smallest absolute Gasteiger partial charge is 0.193 e. The second-order valence-corrected chi connectivity index (χ2v) is 7.34. The summed E-state index contributed by atoms with van der Waals surface area (Å²) in [6, 6.07) is 0.660. The molecule has 0 spiro atoms. The third-order valence-electron chi connectivity index (χ3n) is 5.53. The topological polar surface area (TPSA) is 58.6 Å². The van der Waals surface area contributed by atoms with E-state index in [9.17, 15) is 0 Å². The highest BCUT2D eigenvalue weighted by Gasteiger charge is 2.32. The van der Waals surface area contributed by atoms with Crippen LogP contribution < -0.4 is 5.32 Å². The van der Waals surface area contributed by atoms with Crippen LogP contribution in [0, 0.1) is 5.92 Å². The van der Waals surface area contributed by atoms with Crippen LogP contribution in [0.4, 0.5) is 0 Å². The van der Waals surface area contributed by atoms with E-state index in [1.165, 1.54) is 19.4 Å². The lowest BCUT2D eigenvalue weighted by atomic mass is 10.1. The highest BCUT2D eigenvalue weighted by molar-refractivity contribution is 5.80. The highest BCUT2D eigenvalue weighted by atomic mass is 16.5. The molecule has 7 nitrogen and oxygen atoms in total. The monoisotopic (exact) mass is 354 g/mol. The molecule has 0 radical (unpaired) electrons. The Kier molecular flexibility index (Phi) is 7.34. The average Bonchev–Trinajstić information content (AvgIpc) is 3.28. The van der Waals surface area contributed by atoms with Gasteiger partial charge in [-0.25, -0.2) is 0 Å². The zero-order chi connectivity index (χ0) is 17.5. The first kappa shape index (κ1) is 18.9. The van der Waals surface area contributed by atoms with Crippen LogP contribution in [-0.4, -0.2) is 101 Å². The maximum Gasteiger partial charge on any atom is 0.193 e. The molecular weight excluding hydrogens is 320 g/mol. The molecule has 3 fully saturated rings. The zero-order valence-electron chi connectivity index (χ0n) is 15.8. The number of hydrogen-bond donors (Lipinski definition) is 1. The fourth-order valence-corrected chi connectivity index (χ4v) is 4.10. The Morgan fingerprint density at radius 2 is 2.16 bits per heavy atom. The summed E-state index contributed by atoms with van der Waals surface area (Å²) in [4.78, 5) is 9.39. The predicted molar refractivity (Wildman–Crippen MR) is 98.1 cm³/mol. The molecule has 3 atom stereocenters. The fraction of sp³-hybridized carbons (Fsp3) is 0.944. The molecule has 3 unspecified atom stereocenters. The van der Waals surface area contributed by atoms with E-state index >= 15 is 0 Å². The normalized spacial score (nSPS) is 30.7. The Balaban J connectivity index is 1.36. The maximum absolute atomic E-state index is 6.04. The highest BCUT2D eigenvalue weighted by Crippen LogP contribution is 2.22. The molecule has 7 heteroatoms. The molecule has 3 rings (SSSR count). The Morgan fingerprint density at radius 3 is 3.00 bits per heavy atom. The van der Waals surface area contributed by atoms with Crippen LogP contribution >= 0.6 is 0 Å². The molecule has 3 saturated heterocycles. The Bertz CT molecular complexity index is 435. The Labute approximate surface area is 151 Å². The van der Waals surface area contributed by atoms with Crippen LogP contribution in [-0.2, 0) is 14.2 Å². The first-order valence-electron chi connectivity index (χ1n) is 9.68. The van der Waals surface area contributed by atoms with Gasteiger partial charge in [0.05, 0.1) is 32.5 Å². The summed E-state index contributed by atoms with van der Waals surface area (Å²) in [6.45, 7) is 8.19. The van der Waals surface area contributed by atoms with Crippen molar-refractivity contribution in [2.45, 2.75) is 31.4 Å². The van der Waals surface area contributed by atoms with Gasteiger partial charge in [0.25, 0.3) is 0 Å². The number of ether oxygens (including phenoxy) is 3. The molecule has 1 N–H and O–H groups in total. The summed E-state index contributed by atoms with van der Waals surface area (Å²) in [5, 5.41) is 3.52. The van der Waals surface area contributed by atoms with Crippen molar-refractivity contribution in [1.29, 1.82) is 0 Å². The van der Waals surface area contributed by atoms with E-state index in [4.69, 9.17) is 14.2 Å². The number of nitrogens with one attached hydrogen (secondary N) is 1. The molecule has 3 aliphatic heterocycles. The van der Waals surface area contributed by atoms with Gasteiger partial charge < -0.3 is 24.4 Å². The van der Waals surface area contributed by atoms with Crippen LogP contribution in [0.2, 0.25) is 0 Å². The number of hydrogen-bond acceptors (Lipinski definition) is 5. The van der Waals surface area contributed by atoms with Gasteiger partial charge in [-0.3, -0.25) is 9.89 Å². The minimum Gasteiger partial charge on any atom is -0.382 e. The molecular formula is C18H34N4O3. The van der Waals surface area contributed by atoms with Gasteiger partial charge >= 0.3 is 0 Å². The molecule has 0 saturated carbocycles. The minimum atomic E-state index is 0.266. The van der Waals surface area contributed by atoms with Crippen LogP contribution in [0.15, 0.2) is 4.99 Å². The van der Waals surface area contributed by atoms with Crippen LogP contribution in [0.3, 0.4) is 0 Å². The molecule has 0 aliphatic carbocycles. The second-order valence-electron chi connectivity index (χ2n) is 7.34. The van der Waals surface area contributed by atoms with Crippen molar-refractivity contribution in [3.8, 4) is 0 Å². The fourth-order valence-electron chi connectivity index (χ4n) is 4.10. The lowest BCUT2D eigenvalue weighted by Gasteiger charge is -2.35. The number of morpholine rings is 1. The van der Waals surface area contributed by atoms with Crippen molar-refractivity contribution < 1.29 is 14.2 Å². The predicted octanol–water partition coefficient (Wildman–Crippen LogP) is 0.410. The number of guanidine groups is 1. The Hall–Kier alpha value is -0.890. The van der Waals surface area contributed by atoms with Gasteiger partial charge in [-0.05, 0) is 25.8 Å². The van der Waals surface area contributed by atoms with Gasteiger partial charge in [0, 0.05) is 52.3 Å². The molecule has 0 aromatic heterocycles. The van der Waals surface area contributed by atoms with Crippen molar-refractivity contribution >= 4 is 5.96 Å². The molecule has 144 valence electrons. The largest absolute Gasteiger partial charge is 0.382 e. The SMILES string of the molecule is CN=C(NCC1CN2CCCC2CO1)N1CCC(COCCOC)C1. The standard InChI is InChI=1S/C18H34N4O3/c1-19-18(22-7-5-15(11-22)13-24-9-8-23-2)20-10-17-12-21-6-3-4-16(21)14-25-17/h15-17H,3-14H2,1-2H3,(H,19,20). The van der Waals surface area contributed by atoms with E-state index in [2.05, 4.69) is 20.1 Å². The molecule has 0 bridgehead atoms. The number of methoxy groups -OCH3 is 1. The third kappa shape index (κ3) is 5.29. The number of rotatable bonds is 7. The van der Waals surface area contributed by atoms with Gasteiger partial charge in [-0.15, -0.1) is 0 Å². The summed E-state index contributed by atoms with van der Waals surface area (Å²) in [6.07, 6.45) is 4.03. The van der Waals surface area contributed by atoms with E-state index in [-0.39, 0.29) is 6.10 Å². The second kappa shape index (κ2) is 9.71. The van der Waals surface area contributed by atoms with Gasteiger partial charge in [-0.1, -0.05) is 0 Å². The lowest BCUT2D eigenvalue weighted by molar-refractivity contribution is -0.0454. The number of likely N-dealkylation sites (tertiary alicyclic amines) is 1. The van der Waals surface area contributed by atoms with Crippen molar-refractivity contribution in [2.24, 2.45) is 10.9 Å². The summed E-state index contributed by atoms with van der Waals surface area (Å²) in [5.41, 5.74) is 0. The van der Waals surface area contributed by atoms with Crippen molar-refractivity contribution in [1.82, 2.24) is 15.1 Å². The third-order valence-corrected chi connectivity index (χ3v) is 5.53.